The predicted octanol–water partition coefficient (Wildman–Crippen LogP) is -0.102. The van der Waals surface area contributed by atoms with Crippen molar-refractivity contribution in [3.8, 4) is 5.69 Å². The van der Waals surface area contributed by atoms with Gasteiger partial charge in [0.05, 0.1) is 18.9 Å². The third-order valence-corrected chi connectivity index (χ3v) is 3.31. The number of hydrogen-bond acceptors (Lipinski definition) is 6. The Bertz CT molecular complexity index is 622. The largest absolute Gasteiger partial charge is 0.378 e. The number of nitrogens with zero attached hydrogens (tertiary/aromatic N) is 4. The second-order valence-electron chi connectivity index (χ2n) is 4.83. The molecule has 8 nitrogen and oxygen atoms in total. The van der Waals surface area contributed by atoms with Gasteiger partial charge in [0.15, 0.2) is 0 Å². The second kappa shape index (κ2) is 5.98. The van der Waals surface area contributed by atoms with E-state index in [-0.39, 0.29) is 11.9 Å². The second-order valence-corrected chi connectivity index (χ2v) is 4.83. The molecule has 110 valence electrons. The number of nitrogens with one attached hydrogen (secondary N) is 2. The summed E-state index contributed by atoms with van der Waals surface area (Å²) in [6.45, 7) is 3.66. The number of rotatable bonds is 3. The lowest BCUT2D eigenvalue weighted by atomic mass is 10.1. The highest BCUT2D eigenvalue weighted by molar-refractivity contribution is 5.95. The molecular weight excluding hydrogens is 272 g/mol. The average molecular weight is 288 g/mol. The summed E-state index contributed by atoms with van der Waals surface area (Å²) in [5.74, 6) is -0.110. The highest BCUT2D eigenvalue weighted by Crippen LogP contribution is 2.18. The summed E-state index contributed by atoms with van der Waals surface area (Å²) in [7, 11) is 0. The average Bonchev–Trinajstić information content (AvgIpc) is 3.04. The Morgan fingerprint density at radius 2 is 2.43 bits per heavy atom. The van der Waals surface area contributed by atoms with E-state index in [0.29, 0.717) is 25.4 Å². The van der Waals surface area contributed by atoms with Crippen molar-refractivity contribution in [1.82, 2.24) is 25.5 Å². The van der Waals surface area contributed by atoms with Crippen LogP contribution in [0, 0.1) is 6.92 Å². The molecule has 0 aliphatic carbocycles. The Balaban J connectivity index is 1.77. The molecule has 0 radical (unpaired) electrons. The topological polar surface area (TPSA) is 94.0 Å². The lowest BCUT2D eigenvalue weighted by Gasteiger charge is -2.23. The van der Waals surface area contributed by atoms with E-state index in [4.69, 9.17) is 4.74 Å². The number of carbonyl (C=O) groups excluding carboxylic acids is 1. The number of benzene rings is 1. The van der Waals surface area contributed by atoms with E-state index >= 15 is 0 Å². The van der Waals surface area contributed by atoms with Gasteiger partial charge >= 0.3 is 0 Å². The molecule has 1 aliphatic heterocycles. The van der Waals surface area contributed by atoms with Crippen molar-refractivity contribution in [2.45, 2.75) is 13.0 Å². The molecule has 1 saturated heterocycles. The van der Waals surface area contributed by atoms with E-state index in [1.165, 1.54) is 6.33 Å². The number of anilines is 1. The van der Waals surface area contributed by atoms with Crippen molar-refractivity contribution in [2.75, 3.05) is 25.1 Å². The smallest absolute Gasteiger partial charge is 0.243 e. The third kappa shape index (κ3) is 3.06. The zero-order valence-corrected chi connectivity index (χ0v) is 11.6. The summed E-state index contributed by atoms with van der Waals surface area (Å²) in [5.41, 5.74) is 2.54. The van der Waals surface area contributed by atoms with Gasteiger partial charge < -0.3 is 15.4 Å². The minimum absolute atomic E-state index is 0.110. The maximum Gasteiger partial charge on any atom is 0.243 e. The molecule has 1 aliphatic rings. The molecule has 1 aromatic carbocycles. The van der Waals surface area contributed by atoms with Crippen LogP contribution in [0.1, 0.15) is 5.56 Å². The van der Waals surface area contributed by atoms with Crippen LogP contribution in [-0.4, -0.2) is 51.9 Å². The number of ether oxygens (including phenoxy) is 1. The number of aryl methyl sites for hydroxylation is 1. The van der Waals surface area contributed by atoms with Gasteiger partial charge in [-0.05, 0) is 35.0 Å². The summed E-state index contributed by atoms with van der Waals surface area (Å²) in [6, 6.07) is 5.28. The minimum Gasteiger partial charge on any atom is -0.378 e. The Hall–Kier alpha value is -2.32. The molecule has 2 N–H and O–H groups in total. The molecule has 1 amide bonds. The first kappa shape index (κ1) is 13.7. The van der Waals surface area contributed by atoms with E-state index in [0.717, 1.165) is 11.3 Å². The maximum atomic E-state index is 12.1. The number of morpholine rings is 1. The molecule has 0 bridgehead atoms. The fourth-order valence-electron chi connectivity index (χ4n) is 2.17. The lowest BCUT2D eigenvalue weighted by molar-refractivity contribution is -0.120. The van der Waals surface area contributed by atoms with Crippen molar-refractivity contribution < 1.29 is 9.53 Å². The summed E-state index contributed by atoms with van der Waals surface area (Å²) < 4.78 is 6.85. The highest BCUT2D eigenvalue weighted by Gasteiger charge is 2.21. The van der Waals surface area contributed by atoms with Gasteiger partial charge in [-0.2, -0.15) is 0 Å². The standard InChI is InChI=1S/C13H16N6O2/c1-9-2-3-10(6-12(9)19-8-15-17-18-19)16-13(20)11-7-21-5-4-14-11/h2-3,6,8,11,14H,4-5,7H2,1H3,(H,16,20). The zero-order chi connectivity index (χ0) is 14.7. The number of aromatic nitrogens is 4. The van der Waals surface area contributed by atoms with Gasteiger partial charge in [0.1, 0.15) is 12.4 Å². The van der Waals surface area contributed by atoms with Crippen LogP contribution in [-0.2, 0) is 9.53 Å². The van der Waals surface area contributed by atoms with Crippen LogP contribution in [0.3, 0.4) is 0 Å². The monoisotopic (exact) mass is 288 g/mol. The summed E-state index contributed by atoms with van der Waals surface area (Å²) >= 11 is 0. The van der Waals surface area contributed by atoms with Gasteiger partial charge in [0.25, 0.3) is 0 Å². The van der Waals surface area contributed by atoms with Crippen LogP contribution in [0.5, 0.6) is 0 Å². The van der Waals surface area contributed by atoms with Crippen LogP contribution in [0.2, 0.25) is 0 Å². The SMILES string of the molecule is Cc1ccc(NC(=O)C2COCCN2)cc1-n1cnnn1. The van der Waals surface area contributed by atoms with Crippen LogP contribution >= 0.6 is 0 Å². The van der Waals surface area contributed by atoms with Crippen LogP contribution in [0.4, 0.5) is 5.69 Å². The lowest BCUT2D eigenvalue weighted by Crippen LogP contribution is -2.48. The molecule has 0 spiro atoms. The molecule has 1 unspecified atom stereocenters. The van der Waals surface area contributed by atoms with Crippen molar-refractivity contribution in [1.29, 1.82) is 0 Å². The van der Waals surface area contributed by atoms with Crippen LogP contribution < -0.4 is 10.6 Å². The quantitative estimate of drug-likeness (QED) is 0.819. The predicted molar refractivity (Wildman–Crippen MR) is 75.1 cm³/mol. The zero-order valence-electron chi connectivity index (χ0n) is 11.6. The highest BCUT2D eigenvalue weighted by atomic mass is 16.5. The van der Waals surface area contributed by atoms with Crippen molar-refractivity contribution >= 4 is 11.6 Å². The number of hydrogen-bond donors (Lipinski definition) is 2. The maximum absolute atomic E-state index is 12.1. The van der Waals surface area contributed by atoms with E-state index in [9.17, 15) is 4.79 Å². The van der Waals surface area contributed by atoms with Gasteiger partial charge in [-0.1, -0.05) is 6.07 Å². The molecule has 1 aromatic heterocycles. The molecule has 3 rings (SSSR count). The Morgan fingerprint density at radius 3 is 3.14 bits per heavy atom. The molecule has 8 heteroatoms. The number of amides is 1. The first-order valence-electron chi connectivity index (χ1n) is 6.70. The first-order chi connectivity index (χ1) is 10.2. The minimum atomic E-state index is -0.323. The van der Waals surface area contributed by atoms with Gasteiger partial charge in [0.2, 0.25) is 5.91 Å². The van der Waals surface area contributed by atoms with Gasteiger partial charge in [-0.25, -0.2) is 4.68 Å². The van der Waals surface area contributed by atoms with Crippen molar-refractivity contribution in [2.24, 2.45) is 0 Å². The van der Waals surface area contributed by atoms with Crippen LogP contribution in [0.25, 0.3) is 5.69 Å². The van der Waals surface area contributed by atoms with E-state index in [1.807, 2.05) is 25.1 Å². The molecular formula is C13H16N6O2. The Kier molecular flexibility index (Phi) is 3.89. The fourth-order valence-corrected chi connectivity index (χ4v) is 2.17. The van der Waals surface area contributed by atoms with Crippen LogP contribution in [0.15, 0.2) is 24.5 Å². The summed E-state index contributed by atoms with van der Waals surface area (Å²) in [5, 5.41) is 17.1. The molecule has 2 aromatic rings. The van der Waals surface area contributed by atoms with E-state index in [2.05, 4.69) is 26.2 Å². The summed E-state index contributed by atoms with van der Waals surface area (Å²) in [4.78, 5) is 12.1. The molecule has 0 saturated carbocycles. The fraction of sp³-hybridized carbons (Fsp3) is 0.385. The molecule has 1 fully saturated rings. The van der Waals surface area contributed by atoms with Crippen molar-refractivity contribution in [3.63, 3.8) is 0 Å². The molecule has 2 heterocycles. The first-order valence-corrected chi connectivity index (χ1v) is 6.70. The summed E-state index contributed by atoms with van der Waals surface area (Å²) in [6.07, 6.45) is 1.52. The van der Waals surface area contributed by atoms with Gasteiger partial charge in [-0.3, -0.25) is 4.79 Å². The van der Waals surface area contributed by atoms with Gasteiger partial charge in [-0.15, -0.1) is 5.10 Å². The Morgan fingerprint density at radius 1 is 1.52 bits per heavy atom. The van der Waals surface area contributed by atoms with E-state index in [1.54, 1.807) is 4.68 Å². The number of tetrazole rings is 1. The normalized spacial score (nSPS) is 18.4. The molecule has 1 atom stereocenters. The van der Waals surface area contributed by atoms with Crippen molar-refractivity contribution in [3.05, 3.63) is 30.1 Å². The number of carbonyl (C=O) groups is 1. The van der Waals surface area contributed by atoms with E-state index < -0.39 is 0 Å². The molecule has 21 heavy (non-hydrogen) atoms. The third-order valence-electron chi connectivity index (χ3n) is 3.31. The van der Waals surface area contributed by atoms with Gasteiger partial charge in [0, 0.05) is 12.2 Å². The Labute approximate surface area is 121 Å².